The zero-order valence-corrected chi connectivity index (χ0v) is 11.2. The third-order valence-electron chi connectivity index (χ3n) is 5.72. The van der Waals surface area contributed by atoms with E-state index in [2.05, 4.69) is 25.7 Å². The first-order valence-electron chi connectivity index (χ1n) is 7.31. The quantitative estimate of drug-likeness (QED) is 0.706. The van der Waals surface area contributed by atoms with Crippen LogP contribution in [0.3, 0.4) is 0 Å². The molecule has 0 radical (unpaired) electrons. The molecule has 2 atom stereocenters. The summed E-state index contributed by atoms with van der Waals surface area (Å²) in [6, 6.07) is 0. The van der Waals surface area contributed by atoms with Gasteiger partial charge in [-0.05, 0) is 54.8 Å². The van der Waals surface area contributed by atoms with Crippen LogP contribution in [-0.4, -0.2) is 24.5 Å². The highest BCUT2D eigenvalue weighted by Crippen LogP contribution is 2.53. The van der Waals surface area contributed by atoms with Gasteiger partial charge in [0.15, 0.2) is 0 Å². The summed E-state index contributed by atoms with van der Waals surface area (Å²) in [4.78, 5) is 2.80. The van der Waals surface area contributed by atoms with Crippen LogP contribution in [0.4, 0.5) is 0 Å². The zero-order valence-electron chi connectivity index (χ0n) is 11.2. The molecule has 1 aliphatic heterocycles. The van der Waals surface area contributed by atoms with Crippen LogP contribution in [0.15, 0.2) is 0 Å². The second-order valence-corrected chi connectivity index (χ2v) is 7.31. The molecule has 0 amide bonds. The molecule has 2 unspecified atom stereocenters. The van der Waals surface area contributed by atoms with E-state index in [-0.39, 0.29) is 0 Å². The van der Waals surface area contributed by atoms with E-state index in [1.54, 1.807) is 0 Å². The van der Waals surface area contributed by atoms with Crippen molar-refractivity contribution in [3.63, 3.8) is 0 Å². The third kappa shape index (κ3) is 1.81. The highest BCUT2D eigenvalue weighted by Gasteiger charge is 2.48. The van der Waals surface area contributed by atoms with Crippen molar-refractivity contribution in [2.75, 3.05) is 19.6 Å². The number of rotatable bonds is 3. The molecule has 16 heavy (non-hydrogen) atoms. The minimum Gasteiger partial charge on any atom is -0.302 e. The SMILES string of the molecule is CC1CC2CN(CC3(C(C)C)CC3)CC2C1. The molecule has 92 valence electrons. The van der Waals surface area contributed by atoms with Crippen LogP contribution in [0.25, 0.3) is 0 Å². The minimum absolute atomic E-state index is 0.726. The van der Waals surface area contributed by atoms with Crippen LogP contribution in [0.2, 0.25) is 0 Å². The fraction of sp³-hybridized carbons (Fsp3) is 1.00. The van der Waals surface area contributed by atoms with E-state index < -0.39 is 0 Å². The molecule has 0 spiro atoms. The second kappa shape index (κ2) is 3.73. The maximum absolute atomic E-state index is 2.80. The van der Waals surface area contributed by atoms with Crippen molar-refractivity contribution in [3.8, 4) is 0 Å². The van der Waals surface area contributed by atoms with Gasteiger partial charge in [-0.15, -0.1) is 0 Å². The van der Waals surface area contributed by atoms with Gasteiger partial charge in [-0.1, -0.05) is 20.8 Å². The Morgan fingerprint density at radius 1 is 1.12 bits per heavy atom. The van der Waals surface area contributed by atoms with Crippen LogP contribution >= 0.6 is 0 Å². The summed E-state index contributed by atoms with van der Waals surface area (Å²) in [5.74, 6) is 4.01. The standard InChI is InChI=1S/C15H27N/c1-11(2)15(4-5-15)10-16-8-13-6-12(3)7-14(13)9-16/h11-14H,4-10H2,1-3H3. The fourth-order valence-corrected chi connectivity index (χ4v) is 4.35. The predicted molar refractivity (Wildman–Crippen MR) is 68.3 cm³/mol. The zero-order chi connectivity index (χ0) is 11.3. The monoisotopic (exact) mass is 221 g/mol. The molecule has 0 aromatic rings. The van der Waals surface area contributed by atoms with E-state index >= 15 is 0 Å². The van der Waals surface area contributed by atoms with Crippen molar-refractivity contribution in [2.45, 2.75) is 46.5 Å². The van der Waals surface area contributed by atoms with Gasteiger partial charge in [-0.2, -0.15) is 0 Å². The maximum atomic E-state index is 2.80. The van der Waals surface area contributed by atoms with Gasteiger partial charge in [0.05, 0.1) is 0 Å². The van der Waals surface area contributed by atoms with E-state index in [1.807, 2.05) is 0 Å². The molecular formula is C15H27N. The van der Waals surface area contributed by atoms with Gasteiger partial charge in [0.2, 0.25) is 0 Å². The number of fused-ring (bicyclic) bond motifs is 1. The number of hydrogen-bond donors (Lipinski definition) is 0. The molecule has 3 aliphatic rings. The Morgan fingerprint density at radius 3 is 2.12 bits per heavy atom. The van der Waals surface area contributed by atoms with Crippen molar-refractivity contribution in [1.29, 1.82) is 0 Å². The molecule has 2 saturated carbocycles. The topological polar surface area (TPSA) is 3.24 Å². The molecule has 1 heteroatoms. The minimum atomic E-state index is 0.726. The Bertz CT molecular complexity index is 253. The summed E-state index contributed by atoms with van der Waals surface area (Å²) in [5.41, 5.74) is 0.726. The molecule has 0 aromatic heterocycles. The lowest BCUT2D eigenvalue weighted by atomic mass is 9.92. The molecule has 0 N–H and O–H groups in total. The largest absolute Gasteiger partial charge is 0.302 e. The molecule has 1 heterocycles. The average molecular weight is 221 g/mol. The van der Waals surface area contributed by atoms with Crippen molar-refractivity contribution in [1.82, 2.24) is 4.90 Å². The molecule has 3 rings (SSSR count). The van der Waals surface area contributed by atoms with Crippen molar-refractivity contribution in [2.24, 2.45) is 29.1 Å². The average Bonchev–Trinajstić information content (AvgIpc) is 2.76. The van der Waals surface area contributed by atoms with Crippen LogP contribution in [0.5, 0.6) is 0 Å². The Hall–Kier alpha value is -0.0400. The molecule has 1 saturated heterocycles. The first-order valence-corrected chi connectivity index (χ1v) is 7.31. The van der Waals surface area contributed by atoms with Crippen molar-refractivity contribution < 1.29 is 0 Å². The number of hydrogen-bond acceptors (Lipinski definition) is 1. The Balaban J connectivity index is 1.56. The van der Waals surface area contributed by atoms with Crippen molar-refractivity contribution >= 4 is 0 Å². The van der Waals surface area contributed by atoms with Crippen molar-refractivity contribution in [3.05, 3.63) is 0 Å². The van der Waals surface area contributed by atoms with Gasteiger partial charge in [0, 0.05) is 19.6 Å². The smallest absolute Gasteiger partial charge is 0.00407 e. The van der Waals surface area contributed by atoms with Crippen LogP contribution in [-0.2, 0) is 0 Å². The highest BCUT2D eigenvalue weighted by atomic mass is 15.2. The van der Waals surface area contributed by atoms with Gasteiger partial charge in [0.1, 0.15) is 0 Å². The normalized spacial score (nSPS) is 41.6. The molecule has 0 bridgehead atoms. The van der Waals surface area contributed by atoms with E-state index in [9.17, 15) is 0 Å². The first-order chi connectivity index (χ1) is 7.59. The predicted octanol–water partition coefficient (Wildman–Crippen LogP) is 3.40. The summed E-state index contributed by atoms with van der Waals surface area (Å²) < 4.78 is 0. The summed E-state index contributed by atoms with van der Waals surface area (Å²) in [7, 11) is 0. The fourth-order valence-electron chi connectivity index (χ4n) is 4.35. The van der Waals surface area contributed by atoms with Gasteiger partial charge in [0.25, 0.3) is 0 Å². The molecule has 1 nitrogen and oxygen atoms in total. The number of nitrogens with zero attached hydrogens (tertiary/aromatic N) is 1. The molecular weight excluding hydrogens is 194 g/mol. The summed E-state index contributed by atoms with van der Waals surface area (Å²) in [6.45, 7) is 11.5. The summed E-state index contributed by atoms with van der Waals surface area (Å²) in [6.07, 6.45) is 6.01. The van der Waals surface area contributed by atoms with Gasteiger partial charge >= 0.3 is 0 Å². The Kier molecular flexibility index (Phi) is 2.58. The highest BCUT2D eigenvalue weighted by molar-refractivity contribution is 5.00. The van der Waals surface area contributed by atoms with Crippen LogP contribution in [0, 0.1) is 29.1 Å². The lowest BCUT2D eigenvalue weighted by Crippen LogP contribution is -2.32. The van der Waals surface area contributed by atoms with Gasteiger partial charge in [-0.25, -0.2) is 0 Å². The van der Waals surface area contributed by atoms with Gasteiger partial charge < -0.3 is 4.90 Å². The maximum Gasteiger partial charge on any atom is 0.00407 e. The first kappa shape index (κ1) is 11.1. The lowest BCUT2D eigenvalue weighted by molar-refractivity contribution is 0.203. The molecule has 2 aliphatic carbocycles. The second-order valence-electron chi connectivity index (χ2n) is 7.31. The molecule has 0 aromatic carbocycles. The summed E-state index contributed by atoms with van der Waals surface area (Å²) in [5, 5.41) is 0. The summed E-state index contributed by atoms with van der Waals surface area (Å²) >= 11 is 0. The van der Waals surface area contributed by atoms with Gasteiger partial charge in [-0.3, -0.25) is 0 Å². The van der Waals surface area contributed by atoms with Crippen LogP contribution in [0.1, 0.15) is 46.5 Å². The Labute approximate surface area is 101 Å². The lowest BCUT2D eigenvalue weighted by Gasteiger charge is -2.27. The third-order valence-corrected chi connectivity index (χ3v) is 5.72. The van der Waals surface area contributed by atoms with E-state index in [1.165, 1.54) is 45.3 Å². The van der Waals surface area contributed by atoms with E-state index in [0.717, 1.165) is 29.1 Å². The number of likely N-dealkylation sites (tertiary alicyclic amines) is 1. The van der Waals surface area contributed by atoms with E-state index in [0.29, 0.717) is 0 Å². The van der Waals surface area contributed by atoms with Crippen LogP contribution < -0.4 is 0 Å². The molecule has 3 fully saturated rings. The Morgan fingerprint density at radius 2 is 1.69 bits per heavy atom. The van der Waals surface area contributed by atoms with E-state index in [4.69, 9.17) is 0 Å².